The molecule has 102 valence electrons. The van der Waals surface area contributed by atoms with E-state index in [1.54, 1.807) is 12.2 Å². The van der Waals surface area contributed by atoms with Gasteiger partial charge in [0.25, 0.3) is 0 Å². The van der Waals surface area contributed by atoms with Gasteiger partial charge >= 0.3 is 0 Å². The monoisotopic (exact) mass is 263 g/mol. The van der Waals surface area contributed by atoms with E-state index in [-0.39, 0.29) is 0 Å². The Labute approximate surface area is 122 Å². The minimum Gasteiger partial charge on any atom is -0.355 e. The van der Waals surface area contributed by atoms with Gasteiger partial charge in [0.15, 0.2) is 0 Å². The molecule has 0 heterocycles. The van der Waals surface area contributed by atoms with E-state index in [1.807, 2.05) is 61.6 Å². The predicted molar refractivity (Wildman–Crippen MR) is 90.6 cm³/mol. The van der Waals surface area contributed by atoms with Crippen molar-refractivity contribution in [1.29, 1.82) is 0 Å². The second-order valence-corrected chi connectivity index (χ2v) is 4.08. The molecule has 1 nitrogen and oxygen atoms in total. The van der Waals surface area contributed by atoms with Crippen LogP contribution >= 0.6 is 0 Å². The lowest BCUT2D eigenvalue weighted by atomic mass is 10.0. The minimum absolute atomic E-state index is 0.914. The van der Waals surface area contributed by atoms with E-state index >= 15 is 0 Å². The normalized spacial score (nSPS) is 12.8. The summed E-state index contributed by atoms with van der Waals surface area (Å²) in [7, 11) is 0. The van der Waals surface area contributed by atoms with Crippen molar-refractivity contribution in [2.24, 2.45) is 0 Å². The molecule has 1 N–H and O–H groups in total. The Bertz CT molecular complexity index is 557. The second kappa shape index (κ2) is 8.54. The van der Waals surface area contributed by atoms with Crippen molar-refractivity contribution < 1.29 is 0 Å². The molecule has 0 aliphatic heterocycles. The third kappa shape index (κ3) is 4.29. The predicted octanol–water partition coefficient (Wildman–Crippen LogP) is 5.41. The van der Waals surface area contributed by atoms with Crippen LogP contribution in [-0.2, 0) is 0 Å². The van der Waals surface area contributed by atoms with E-state index in [9.17, 15) is 0 Å². The lowest BCUT2D eigenvalue weighted by Gasteiger charge is -2.13. The van der Waals surface area contributed by atoms with Crippen molar-refractivity contribution in [2.45, 2.75) is 6.92 Å². The molecular formula is C19H21N. The molecule has 1 heteroatoms. The molecule has 0 unspecified atom stereocenters. The van der Waals surface area contributed by atoms with Crippen LogP contribution in [0.15, 0.2) is 103 Å². The number of hydrogen-bond acceptors (Lipinski definition) is 1. The smallest absolute Gasteiger partial charge is 0.0457 e. The maximum absolute atomic E-state index is 3.90. The minimum atomic E-state index is 0.914. The van der Waals surface area contributed by atoms with Gasteiger partial charge in [-0.1, -0.05) is 68.3 Å². The molecule has 1 aromatic carbocycles. The Morgan fingerprint density at radius 2 is 1.75 bits per heavy atom. The molecular weight excluding hydrogens is 242 g/mol. The fraction of sp³-hybridized carbons (Fsp3) is 0.0526. The highest BCUT2D eigenvalue weighted by atomic mass is 14.9. The zero-order valence-electron chi connectivity index (χ0n) is 12.0. The number of nitrogens with one attached hydrogen (secondary N) is 1. The number of para-hydroxylation sites is 1. The lowest BCUT2D eigenvalue weighted by Crippen LogP contribution is -2.01. The Morgan fingerprint density at radius 1 is 1.05 bits per heavy atom. The molecule has 0 aliphatic rings. The molecule has 0 fully saturated rings. The molecule has 20 heavy (non-hydrogen) atoms. The summed E-state index contributed by atoms with van der Waals surface area (Å²) < 4.78 is 0. The first-order valence-corrected chi connectivity index (χ1v) is 6.53. The number of hydrogen-bond donors (Lipinski definition) is 1. The molecule has 1 aromatic rings. The SMILES string of the molecule is C=CC=C(/C=C\C)/C(C=C)=C(/C=C)Nc1ccccc1. The van der Waals surface area contributed by atoms with Gasteiger partial charge in [0.05, 0.1) is 0 Å². The van der Waals surface area contributed by atoms with Crippen LogP contribution in [-0.4, -0.2) is 0 Å². The fourth-order valence-corrected chi connectivity index (χ4v) is 1.83. The van der Waals surface area contributed by atoms with Crippen molar-refractivity contribution in [3.63, 3.8) is 0 Å². The van der Waals surface area contributed by atoms with Crippen LogP contribution in [0.2, 0.25) is 0 Å². The van der Waals surface area contributed by atoms with Crippen LogP contribution in [0, 0.1) is 0 Å². The number of allylic oxidation sites excluding steroid dienone is 8. The lowest BCUT2D eigenvalue weighted by molar-refractivity contribution is 1.39. The largest absolute Gasteiger partial charge is 0.355 e. The van der Waals surface area contributed by atoms with E-state index in [0.717, 1.165) is 22.5 Å². The summed E-state index contributed by atoms with van der Waals surface area (Å²) in [5, 5.41) is 3.36. The number of rotatable bonds is 7. The van der Waals surface area contributed by atoms with Crippen molar-refractivity contribution in [1.82, 2.24) is 0 Å². The van der Waals surface area contributed by atoms with Crippen LogP contribution < -0.4 is 5.32 Å². The van der Waals surface area contributed by atoms with Crippen molar-refractivity contribution in [3.05, 3.63) is 103 Å². The Hall–Kier alpha value is -2.54. The van der Waals surface area contributed by atoms with Gasteiger partial charge in [-0.15, -0.1) is 0 Å². The quantitative estimate of drug-likeness (QED) is 0.648. The molecule has 0 spiro atoms. The molecule has 0 aliphatic carbocycles. The highest BCUT2D eigenvalue weighted by molar-refractivity contribution is 5.59. The van der Waals surface area contributed by atoms with E-state index < -0.39 is 0 Å². The van der Waals surface area contributed by atoms with Crippen LogP contribution in [0.5, 0.6) is 0 Å². The second-order valence-electron chi connectivity index (χ2n) is 4.08. The van der Waals surface area contributed by atoms with Gasteiger partial charge in [-0.2, -0.15) is 0 Å². The standard InChI is InChI=1S/C19H21N/c1-5-12-16(13-6-2)18(7-3)19(8-4)20-17-14-10-9-11-15-17/h5-15,20H,1,3-4H2,2H3/b13-6-,16-12?,19-18-. The maximum atomic E-state index is 3.90. The molecule has 0 radical (unpaired) electrons. The van der Waals surface area contributed by atoms with Gasteiger partial charge in [0.2, 0.25) is 0 Å². The van der Waals surface area contributed by atoms with E-state index in [1.165, 1.54) is 0 Å². The number of anilines is 1. The first-order valence-electron chi connectivity index (χ1n) is 6.53. The third-order valence-electron chi connectivity index (χ3n) is 2.71. The summed E-state index contributed by atoms with van der Waals surface area (Å²) in [4.78, 5) is 0. The highest BCUT2D eigenvalue weighted by Crippen LogP contribution is 2.21. The molecule has 0 saturated carbocycles. The highest BCUT2D eigenvalue weighted by Gasteiger charge is 2.04. The molecule has 0 amide bonds. The first kappa shape index (κ1) is 15.5. The van der Waals surface area contributed by atoms with Gasteiger partial charge in [-0.3, -0.25) is 0 Å². The summed E-state index contributed by atoms with van der Waals surface area (Å²) in [5.74, 6) is 0. The average molecular weight is 263 g/mol. The van der Waals surface area contributed by atoms with Gasteiger partial charge < -0.3 is 5.32 Å². The molecule has 0 aromatic heterocycles. The summed E-state index contributed by atoms with van der Waals surface area (Å²) >= 11 is 0. The van der Waals surface area contributed by atoms with Crippen LogP contribution in [0.25, 0.3) is 0 Å². The zero-order chi connectivity index (χ0) is 14.8. The Morgan fingerprint density at radius 3 is 2.25 bits per heavy atom. The Kier molecular flexibility index (Phi) is 6.63. The summed E-state index contributed by atoms with van der Waals surface area (Å²) in [5.41, 5.74) is 3.95. The van der Waals surface area contributed by atoms with Gasteiger partial charge in [-0.25, -0.2) is 0 Å². The van der Waals surface area contributed by atoms with Crippen LogP contribution in [0.4, 0.5) is 5.69 Å². The van der Waals surface area contributed by atoms with Gasteiger partial charge in [-0.05, 0) is 30.7 Å². The zero-order valence-corrected chi connectivity index (χ0v) is 12.0. The number of benzene rings is 1. The fourth-order valence-electron chi connectivity index (χ4n) is 1.83. The van der Waals surface area contributed by atoms with Crippen LogP contribution in [0.3, 0.4) is 0 Å². The molecule has 0 saturated heterocycles. The Balaban J connectivity index is 3.25. The average Bonchev–Trinajstić information content (AvgIpc) is 2.48. The van der Waals surface area contributed by atoms with E-state index in [2.05, 4.69) is 25.1 Å². The molecule has 1 rings (SSSR count). The van der Waals surface area contributed by atoms with E-state index in [4.69, 9.17) is 0 Å². The van der Waals surface area contributed by atoms with Crippen molar-refractivity contribution >= 4 is 5.69 Å². The third-order valence-corrected chi connectivity index (χ3v) is 2.71. The van der Waals surface area contributed by atoms with E-state index in [0.29, 0.717) is 0 Å². The summed E-state index contributed by atoms with van der Waals surface area (Å²) in [6.07, 6.45) is 11.3. The van der Waals surface area contributed by atoms with Crippen molar-refractivity contribution in [3.8, 4) is 0 Å². The molecule has 0 atom stereocenters. The molecule has 0 bridgehead atoms. The first-order chi connectivity index (χ1) is 9.76. The van der Waals surface area contributed by atoms with Gasteiger partial charge in [0, 0.05) is 17.0 Å². The maximum Gasteiger partial charge on any atom is 0.0457 e. The van der Waals surface area contributed by atoms with Crippen LogP contribution in [0.1, 0.15) is 6.92 Å². The summed E-state index contributed by atoms with van der Waals surface area (Å²) in [6.45, 7) is 13.5. The summed E-state index contributed by atoms with van der Waals surface area (Å²) in [6, 6.07) is 9.99. The van der Waals surface area contributed by atoms with Crippen molar-refractivity contribution in [2.75, 3.05) is 5.32 Å². The van der Waals surface area contributed by atoms with Gasteiger partial charge in [0.1, 0.15) is 0 Å². The topological polar surface area (TPSA) is 12.0 Å².